The van der Waals surface area contributed by atoms with Gasteiger partial charge in [-0.25, -0.2) is 9.18 Å². The maximum atomic E-state index is 14.4. The molecular formula is C23H23FN4O4. The van der Waals surface area contributed by atoms with Crippen molar-refractivity contribution in [2.24, 2.45) is 0 Å². The number of aromatic nitrogens is 3. The maximum absolute atomic E-state index is 14.4. The Labute approximate surface area is 183 Å². The molecular weight excluding hydrogens is 415 g/mol. The van der Waals surface area contributed by atoms with Crippen molar-refractivity contribution in [3.63, 3.8) is 0 Å². The van der Waals surface area contributed by atoms with Crippen LogP contribution < -0.4 is 16.6 Å². The number of ether oxygens (including phenoxy) is 1. The highest BCUT2D eigenvalue weighted by Gasteiger charge is 2.23. The highest BCUT2D eigenvalue weighted by atomic mass is 19.1. The van der Waals surface area contributed by atoms with Gasteiger partial charge in [-0.3, -0.25) is 14.2 Å². The number of hydrogen-bond acceptors (Lipinski definition) is 5. The van der Waals surface area contributed by atoms with Gasteiger partial charge in [-0.2, -0.15) is 9.78 Å². The number of para-hydroxylation sites is 1. The van der Waals surface area contributed by atoms with Gasteiger partial charge in [0.05, 0.1) is 12.6 Å². The summed E-state index contributed by atoms with van der Waals surface area (Å²) in [4.78, 5) is 39.0. The first-order valence-electron chi connectivity index (χ1n) is 10.4. The zero-order chi connectivity index (χ0) is 22.7. The molecule has 0 unspecified atom stereocenters. The molecule has 0 bridgehead atoms. The average molecular weight is 438 g/mol. The van der Waals surface area contributed by atoms with E-state index in [0.717, 1.165) is 27.7 Å². The molecule has 166 valence electrons. The molecule has 1 amide bonds. The number of amides is 1. The van der Waals surface area contributed by atoms with E-state index in [1.807, 2.05) is 25.1 Å². The predicted octanol–water partition coefficient (Wildman–Crippen LogP) is 1.80. The molecule has 3 aromatic rings. The van der Waals surface area contributed by atoms with E-state index < -0.39 is 28.7 Å². The normalized spacial score (nSPS) is 15.6. The largest absolute Gasteiger partial charge is 0.376 e. The van der Waals surface area contributed by atoms with E-state index in [1.165, 1.54) is 18.2 Å². The minimum absolute atomic E-state index is 0.0810. The number of carbonyl (C=O) groups is 1. The molecule has 8 nitrogen and oxygen atoms in total. The molecule has 0 saturated carbocycles. The monoisotopic (exact) mass is 438 g/mol. The summed E-state index contributed by atoms with van der Waals surface area (Å²) < 4.78 is 21.6. The van der Waals surface area contributed by atoms with E-state index in [-0.39, 0.29) is 24.9 Å². The number of carbonyl (C=O) groups excluding carboxylic acids is 1. The van der Waals surface area contributed by atoms with Crippen molar-refractivity contribution < 1.29 is 13.9 Å². The molecule has 9 heteroatoms. The minimum Gasteiger partial charge on any atom is -0.376 e. The average Bonchev–Trinajstić information content (AvgIpc) is 3.30. The third-order valence-electron chi connectivity index (χ3n) is 5.29. The molecule has 1 N–H and O–H groups in total. The lowest BCUT2D eigenvalue weighted by Crippen LogP contribution is -2.46. The molecule has 2 heterocycles. The first-order valence-corrected chi connectivity index (χ1v) is 10.4. The van der Waals surface area contributed by atoms with E-state index in [2.05, 4.69) is 10.4 Å². The molecule has 1 aliphatic heterocycles. The Kier molecular flexibility index (Phi) is 6.27. The molecule has 0 radical (unpaired) electrons. The second-order valence-electron chi connectivity index (χ2n) is 7.72. The van der Waals surface area contributed by atoms with E-state index in [0.29, 0.717) is 12.2 Å². The Morgan fingerprint density at radius 3 is 2.75 bits per heavy atom. The molecule has 1 aliphatic rings. The molecule has 0 spiro atoms. The minimum atomic E-state index is -0.839. The topological polar surface area (TPSA) is 95.2 Å². The fourth-order valence-corrected chi connectivity index (χ4v) is 3.67. The van der Waals surface area contributed by atoms with Gasteiger partial charge in [0.15, 0.2) is 0 Å². The van der Waals surface area contributed by atoms with Crippen LogP contribution in [0, 0.1) is 12.7 Å². The van der Waals surface area contributed by atoms with Crippen LogP contribution in [0.1, 0.15) is 34.5 Å². The van der Waals surface area contributed by atoms with E-state index in [9.17, 15) is 18.8 Å². The summed E-state index contributed by atoms with van der Waals surface area (Å²) >= 11 is 0. The number of benzene rings is 2. The summed E-state index contributed by atoms with van der Waals surface area (Å²) in [6.45, 7) is 2.65. The molecule has 32 heavy (non-hydrogen) atoms. The van der Waals surface area contributed by atoms with Crippen molar-refractivity contribution in [2.75, 3.05) is 13.2 Å². The van der Waals surface area contributed by atoms with Gasteiger partial charge in [-0.05, 0) is 37.5 Å². The molecule has 1 fully saturated rings. The maximum Gasteiger partial charge on any atom is 0.352 e. The number of aryl methyl sites for hydroxylation is 1. The summed E-state index contributed by atoms with van der Waals surface area (Å²) in [5.41, 5.74) is -0.664. The number of rotatable bonds is 6. The summed E-state index contributed by atoms with van der Waals surface area (Å²) in [5, 5.41) is 6.59. The SMILES string of the molecule is Cc1cccc(Cn2c(=O)c(C(=O)NC[C@H]3CCCO3)nn(-c3ccccc3F)c2=O)c1. The third kappa shape index (κ3) is 4.52. The molecule has 1 aromatic heterocycles. The van der Waals surface area contributed by atoms with Crippen molar-refractivity contribution in [1.82, 2.24) is 19.7 Å². The molecule has 0 aliphatic carbocycles. The van der Waals surface area contributed by atoms with Gasteiger partial charge in [0.1, 0.15) is 11.5 Å². The van der Waals surface area contributed by atoms with Crippen LogP contribution in [-0.4, -0.2) is 39.5 Å². The summed E-state index contributed by atoms with van der Waals surface area (Å²) in [7, 11) is 0. The number of hydrogen-bond donors (Lipinski definition) is 1. The molecule has 4 rings (SSSR count). The Bertz CT molecular complexity index is 1260. The Hall–Kier alpha value is -3.59. The van der Waals surface area contributed by atoms with Crippen LogP contribution >= 0.6 is 0 Å². The standard InChI is InChI=1S/C23H23FN4O4/c1-15-6-4-7-16(12-15)14-27-22(30)20(21(29)25-13-17-8-5-11-32-17)26-28(23(27)31)19-10-3-2-9-18(19)24/h2-4,6-7,9-10,12,17H,5,8,11,13-14H2,1H3,(H,25,29)/t17-/m1/s1. The van der Waals surface area contributed by atoms with Crippen molar-refractivity contribution >= 4 is 5.91 Å². The second-order valence-corrected chi connectivity index (χ2v) is 7.72. The summed E-state index contributed by atoms with van der Waals surface area (Å²) in [6.07, 6.45) is 1.58. The van der Waals surface area contributed by atoms with Gasteiger partial charge < -0.3 is 10.1 Å². The van der Waals surface area contributed by atoms with Crippen LogP contribution in [0.2, 0.25) is 0 Å². The van der Waals surface area contributed by atoms with Crippen molar-refractivity contribution in [2.45, 2.75) is 32.4 Å². The predicted molar refractivity (Wildman–Crippen MR) is 116 cm³/mol. The van der Waals surface area contributed by atoms with Gasteiger partial charge in [0, 0.05) is 13.2 Å². The lowest BCUT2D eigenvalue weighted by Gasteiger charge is -2.14. The van der Waals surface area contributed by atoms with Gasteiger partial charge in [-0.1, -0.05) is 42.0 Å². The van der Waals surface area contributed by atoms with Crippen molar-refractivity contribution in [3.05, 3.63) is 92.0 Å². The van der Waals surface area contributed by atoms with Gasteiger partial charge in [-0.15, -0.1) is 0 Å². The van der Waals surface area contributed by atoms with Gasteiger partial charge in [0.2, 0.25) is 5.69 Å². The van der Waals surface area contributed by atoms with Crippen LogP contribution in [0.3, 0.4) is 0 Å². The highest BCUT2D eigenvalue weighted by Crippen LogP contribution is 2.11. The van der Waals surface area contributed by atoms with Crippen molar-refractivity contribution in [1.29, 1.82) is 0 Å². The Balaban J connectivity index is 1.79. The van der Waals surface area contributed by atoms with E-state index in [1.54, 1.807) is 12.1 Å². The first kappa shape index (κ1) is 21.6. The second kappa shape index (κ2) is 9.27. The quantitative estimate of drug-likeness (QED) is 0.633. The third-order valence-corrected chi connectivity index (χ3v) is 5.29. The lowest BCUT2D eigenvalue weighted by molar-refractivity contribution is 0.0849. The van der Waals surface area contributed by atoms with Crippen LogP contribution in [0.4, 0.5) is 4.39 Å². The van der Waals surface area contributed by atoms with Crippen LogP contribution in [-0.2, 0) is 11.3 Å². The summed E-state index contributed by atoms with van der Waals surface area (Å²) in [6, 6.07) is 12.8. The van der Waals surface area contributed by atoms with Gasteiger partial charge >= 0.3 is 5.69 Å². The van der Waals surface area contributed by atoms with Crippen LogP contribution in [0.5, 0.6) is 0 Å². The number of nitrogens with zero attached hydrogens (tertiary/aromatic N) is 3. The lowest BCUT2D eigenvalue weighted by atomic mass is 10.1. The van der Waals surface area contributed by atoms with Crippen molar-refractivity contribution in [3.8, 4) is 5.69 Å². The number of nitrogens with one attached hydrogen (secondary N) is 1. The number of halogens is 1. The highest BCUT2D eigenvalue weighted by molar-refractivity contribution is 5.91. The summed E-state index contributed by atoms with van der Waals surface area (Å²) in [5.74, 6) is -1.44. The van der Waals surface area contributed by atoms with E-state index >= 15 is 0 Å². The fraction of sp³-hybridized carbons (Fsp3) is 0.304. The van der Waals surface area contributed by atoms with Crippen LogP contribution in [0.25, 0.3) is 5.69 Å². The zero-order valence-electron chi connectivity index (χ0n) is 17.6. The first-order chi connectivity index (χ1) is 15.4. The Morgan fingerprint density at radius 2 is 2.03 bits per heavy atom. The smallest absolute Gasteiger partial charge is 0.352 e. The Morgan fingerprint density at radius 1 is 1.22 bits per heavy atom. The molecule has 2 aromatic carbocycles. The fourth-order valence-electron chi connectivity index (χ4n) is 3.67. The van der Waals surface area contributed by atoms with Gasteiger partial charge in [0.25, 0.3) is 11.5 Å². The zero-order valence-corrected chi connectivity index (χ0v) is 17.6. The van der Waals surface area contributed by atoms with E-state index in [4.69, 9.17) is 4.74 Å². The molecule has 1 atom stereocenters. The molecule has 1 saturated heterocycles. The van der Waals surface area contributed by atoms with Crippen LogP contribution in [0.15, 0.2) is 58.1 Å².